The van der Waals surface area contributed by atoms with Gasteiger partial charge < -0.3 is 5.11 Å². The number of allylic oxidation sites excluding steroid dienone is 1. The van der Waals surface area contributed by atoms with Crippen molar-refractivity contribution in [2.75, 3.05) is 0 Å². The van der Waals surface area contributed by atoms with Crippen LogP contribution in [0.4, 0.5) is 0 Å². The molecule has 3 aliphatic rings. The van der Waals surface area contributed by atoms with E-state index in [-0.39, 0.29) is 5.41 Å². The molecule has 0 aliphatic heterocycles. The minimum atomic E-state index is -0.226. The summed E-state index contributed by atoms with van der Waals surface area (Å²) in [5.74, 6) is 2.23. The van der Waals surface area contributed by atoms with Crippen LogP contribution in [0.3, 0.4) is 0 Å². The normalized spacial score (nSPS) is 32.2. The quantitative estimate of drug-likeness (QED) is 0.731. The molecule has 2 fully saturated rings. The predicted octanol–water partition coefficient (Wildman–Crippen LogP) is 5.04. The van der Waals surface area contributed by atoms with Crippen molar-refractivity contribution in [3.8, 4) is 5.75 Å². The Labute approximate surface area is 172 Å². The first-order valence-corrected chi connectivity index (χ1v) is 11.0. The lowest BCUT2D eigenvalue weighted by atomic mass is 9.55. The summed E-state index contributed by atoms with van der Waals surface area (Å²) in [7, 11) is 0. The second kappa shape index (κ2) is 6.58. The number of Topliss-reactive ketones (excluding diaryl/α,β-unsaturated/α-hetero) is 1. The molecule has 1 aromatic heterocycles. The van der Waals surface area contributed by atoms with E-state index in [1.54, 1.807) is 0 Å². The molecule has 4 nitrogen and oxygen atoms in total. The van der Waals surface area contributed by atoms with E-state index in [4.69, 9.17) is 0 Å². The van der Waals surface area contributed by atoms with Crippen molar-refractivity contribution in [2.24, 2.45) is 17.3 Å². The number of benzene rings is 1. The molecule has 2 aromatic rings. The van der Waals surface area contributed by atoms with Crippen LogP contribution in [0, 0.1) is 24.2 Å². The van der Waals surface area contributed by atoms with Crippen LogP contribution < -0.4 is 0 Å². The topological polar surface area (TPSA) is 55.1 Å². The van der Waals surface area contributed by atoms with Crippen LogP contribution in [0.15, 0.2) is 30.0 Å². The number of fused-ring (bicyclic) bond motifs is 5. The Morgan fingerprint density at radius 1 is 1.34 bits per heavy atom. The summed E-state index contributed by atoms with van der Waals surface area (Å²) in [6.45, 7) is 7.17. The smallest absolute Gasteiger partial charge is 0.165 e. The van der Waals surface area contributed by atoms with Crippen LogP contribution in [0.25, 0.3) is 6.08 Å². The summed E-state index contributed by atoms with van der Waals surface area (Å²) in [6, 6.07) is 5.90. The lowest BCUT2D eigenvalue weighted by molar-refractivity contribution is -0.127. The molecule has 0 amide bonds. The zero-order chi connectivity index (χ0) is 20.3. The Kier molecular flexibility index (Phi) is 4.23. The molecule has 3 aliphatic carbocycles. The fourth-order valence-corrected chi connectivity index (χ4v) is 6.39. The second-order valence-corrected chi connectivity index (χ2v) is 9.48. The first-order valence-electron chi connectivity index (χ1n) is 11.0. The molecule has 1 heterocycles. The number of carbonyl (C=O) groups excluding carboxylic acids is 1. The fraction of sp³-hybridized carbons (Fsp3) is 0.520. The van der Waals surface area contributed by atoms with Crippen molar-refractivity contribution in [3.05, 3.63) is 52.4 Å². The monoisotopic (exact) mass is 390 g/mol. The Bertz CT molecular complexity index is 1020. The number of carbonyl (C=O) groups is 1. The number of aryl methyl sites for hydroxylation is 3. The van der Waals surface area contributed by atoms with Gasteiger partial charge in [0.1, 0.15) is 5.75 Å². The third kappa shape index (κ3) is 2.79. The Morgan fingerprint density at radius 3 is 2.93 bits per heavy atom. The maximum Gasteiger partial charge on any atom is 0.165 e. The molecule has 0 spiro atoms. The van der Waals surface area contributed by atoms with Gasteiger partial charge in [0.05, 0.1) is 5.69 Å². The number of hydrogen-bond donors (Lipinski definition) is 1. The second-order valence-electron chi connectivity index (χ2n) is 9.48. The van der Waals surface area contributed by atoms with E-state index in [2.05, 4.69) is 37.3 Å². The zero-order valence-electron chi connectivity index (χ0n) is 17.6. The zero-order valence-corrected chi connectivity index (χ0v) is 17.6. The highest BCUT2D eigenvalue weighted by Crippen LogP contribution is 2.60. The van der Waals surface area contributed by atoms with E-state index < -0.39 is 0 Å². The third-order valence-corrected chi connectivity index (χ3v) is 7.99. The van der Waals surface area contributed by atoms with Gasteiger partial charge in [0.2, 0.25) is 0 Å². The fourth-order valence-electron chi connectivity index (χ4n) is 6.39. The van der Waals surface area contributed by atoms with E-state index in [9.17, 15) is 9.90 Å². The van der Waals surface area contributed by atoms with Gasteiger partial charge in [-0.3, -0.25) is 9.48 Å². The van der Waals surface area contributed by atoms with E-state index in [0.29, 0.717) is 29.3 Å². The number of rotatable bonds is 2. The maximum absolute atomic E-state index is 13.5. The summed E-state index contributed by atoms with van der Waals surface area (Å²) < 4.78 is 1.94. The summed E-state index contributed by atoms with van der Waals surface area (Å²) >= 11 is 0. The highest BCUT2D eigenvalue weighted by atomic mass is 16.3. The summed E-state index contributed by atoms with van der Waals surface area (Å²) in [4.78, 5) is 13.5. The molecule has 1 N–H and O–H groups in total. The van der Waals surface area contributed by atoms with Crippen LogP contribution in [-0.2, 0) is 17.8 Å². The average Bonchev–Trinajstić information content (AvgIpc) is 3.19. The summed E-state index contributed by atoms with van der Waals surface area (Å²) in [5, 5.41) is 14.4. The maximum atomic E-state index is 13.5. The molecule has 5 rings (SSSR count). The Balaban J connectivity index is 1.49. The van der Waals surface area contributed by atoms with E-state index >= 15 is 0 Å². The van der Waals surface area contributed by atoms with E-state index in [0.717, 1.165) is 55.5 Å². The van der Waals surface area contributed by atoms with Gasteiger partial charge in [-0.2, -0.15) is 5.10 Å². The molecule has 0 bridgehead atoms. The number of phenolic OH excluding ortho intramolecular Hbond substituents is 1. The van der Waals surface area contributed by atoms with Crippen LogP contribution >= 0.6 is 0 Å². The van der Waals surface area contributed by atoms with Crippen LogP contribution in [0.2, 0.25) is 0 Å². The SMILES string of the molecule is CCn1cc(/C=C2/C[C@@H]3[C@@H]4CCc5cc(O)ccc5[C@H]4CC[C@]3(C)C2=O)c(C)n1. The van der Waals surface area contributed by atoms with Crippen LogP contribution in [-0.4, -0.2) is 20.7 Å². The number of aromatic hydroxyl groups is 1. The molecule has 29 heavy (non-hydrogen) atoms. The van der Waals surface area contributed by atoms with Crippen molar-refractivity contribution < 1.29 is 9.90 Å². The highest BCUT2D eigenvalue weighted by molar-refractivity contribution is 6.06. The number of hydrogen-bond acceptors (Lipinski definition) is 3. The molecule has 152 valence electrons. The number of ketones is 1. The Hall–Kier alpha value is -2.36. The van der Waals surface area contributed by atoms with Crippen LogP contribution in [0.1, 0.15) is 67.8 Å². The van der Waals surface area contributed by atoms with E-state index in [1.807, 2.05) is 23.7 Å². The summed E-state index contributed by atoms with van der Waals surface area (Å²) in [6.07, 6.45) is 9.22. The van der Waals surface area contributed by atoms with Gasteiger partial charge in [0.15, 0.2) is 5.78 Å². The van der Waals surface area contributed by atoms with Gasteiger partial charge in [-0.15, -0.1) is 0 Å². The molecule has 0 radical (unpaired) electrons. The third-order valence-electron chi connectivity index (χ3n) is 7.99. The molecule has 4 atom stereocenters. The minimum Gasteiger partial charge on any atom is -0.508 e. The van der Waals surface area contributed by atoms with Crippen molar-refractivity contribution in [1.29, 1.82) is 0 Å². The molecule has 0 saturated heterocycles. The molecule has 0 unspecified atom stereocenters. The molecule has 2 saturated carbocycles. The Morgan fingerprint density at radius 2 is 2.17 bits per heavy atom. The first kappa shape index (κ1) is 18.7. The van der Waals surface area contributed by atoms with Crippen molar-refractivity contribution >= 4 is 11.9 Å². The van der Waals surface area contributed by atoms with Gasteiger partial charge in [0, 0.05) is 23.7 Å². The number of nitrogens with zero attached hydrogens (tertiary/aromatic N) is 2. The average molecular weight is 391 g/mol. The molecule has 1 aromatic carbocycles. The number of aromatic nitrogens is 2. The van der Waals surface area contributed by atoms with Gasteiger partial charge in [-0.25, -0.2) is 0 Å². The lowest BCUT2D eigenvalue weighted by Crippen LogP contribution is -2.42. The van der Waals surface area contributed by atoms with Crippen LogP contribution in [0.5, 0.6) is 5.75 Å². The van der Waals surface area contributed by atoms with Gasteiger partial charge in [0.25, 0.3) is 0 Å². The van der Waals surface area contributed by atoms with Gasteiger partial charge >= 0.3 is 0 Å². The lowest BCUT2D eigenvalue weighted by Gasteiger charge is -2.48. The minimum absolute atomic E-state index is 0.226. The van der Waals surface area contributed by atoms with Crippen molar-refractivity contribution in [1.82, 2.24) is 9.78 Å². The largest absolute Gasteiger partial charge is 0.508 e. The standard InChI is InChI=1S/C25H30N2O2/c1-4-27-14-18(15(2)26-27)11-17-13-23-22-7-5-16-12-19(28)6-8-20(16)21(22)9-10-25(23,3)24(17)29/h6,8,11-12,14,21-23,28H,4-5,7,9-10,13H2,1-3H3/b17-11-/t21-,22-,23-,25+/m1/s1. The predicted molar refractivity (Wildman–Crippen MR) is 114 cm³/mol. The van der Waals surface area contributed by atoms with Gasteiger partial charge in [-0.1, -0.05) is 13.0 Å². The molecule has 4 heteroatoms. The first-order chi connectivity index (χ1) is 13.9. The van der Waals surface area contributed by atoms with Crippen molar-refractivity contribution in [2.45, 2.75) is 65.3 Å². The molecular weight excluding hydrogens is 360 g/mol. The van der Waals surface area contributed by atoms with Gasteiger partial charge in [-0.05, 0) is 98.6 Å². The number of phenols is 1. The molecular formula is C25H30N2O2. The van der Waals surface area contributed by atoms with Crippen molar-refractivity contribution in [3.63, 3.8) is 0 Å². The summed E-state index contributed by atoms with van der Waals surface area (Å²) in [5.41, 5.74) is 5.56. The van der Waals surface area contributed by atoms with E-state index in [1.165, 1.54) is 11.1 Å². The highest BCUT2D eigenvalue weighted by Gasteiger charge is 2.56.